The average Bonchev–Trinajstić information content (AvgIpc) is 2.86. The van der Waals surface area contributed by atoms with Gasteiger partial charge < -0.3 is 5.73 Å². The van der Waals surface area contributed by atoms with E-state index >= 15 is 0 Å². The monoisotopic (exact) mass is 304 g/mol. The molecule has 16 heavy (non-hydrogen) atoms. The normalized spacial score (nSPS) is 18.4. The van der Waals surface area contributed by atoms with Crippen molar-refractivity contribution in [1.29, 1.82) is 0 Å². The topological polar surface area (TPSA) is 72.2 Å². The summed E-state index contributed by atoms with van der Waals surface area (Å²) in [5.74, 6) is 0. The minimum Gasteiger partial charge on any atom is -0.398 e. The van der Waals surface area contributed by atoms with Gasteiger partial charge in [-0.05, 0) is 53.9 Å². The van der Waals surface area contributed by atoms with Crippen molar-refractivity contribution in [2.75, 3.05) is 5.73 Å². The summed E-state index contributed by atoms with van der Waals surface area (Å²) in [6.07, 6.45) is 1.78. The van der Waals surface area contributed by atoms with Crippen molar-refractivity contribution < 1.29 is 8.42 Å². The number of halogens is 1. The van der Waals surface area contributed by atoms with Crippen molar-refractivity contribution in [1.82, 2.24) is 4.72 Å². The number of rotatable bonds is 3. The number of nitrogen functional groups attached to an aromatic ring is 1. The first-order valence-corrected chi connectivity index (χ1v) is 7.19. The van der Waals surface area contributed by atoms with E-state index < -0.39 is 10.0 Å². The lowest BCUT2D eigenvalue weighted by molar-refractivity contribution is 0.558. The first-order valence-electron chi connectivity index (χ1n) is 4.91. The molecule has 0 aliphatic heterocycles. The van der Waals surface area contributed by atoms with Gasteiger partial charge in [-0.3, -0.25) is 0 Å². The molecule has 88 valence electrons. The second-order valence-electron chi connectivity index (χ2n) is 4.35. The van der Waals surface area contributed by atoms with Gasteiger partial charge in [0.15, 0.2) is 0 Å². The summed E-state index contributed by atoms with van der Waals surface area (Å²) in [5.41, 5.74) is 5.88. The highest BCUT2D eigenvalue weighted by atomic mass is 79.9. The highest BCUT2D eigenvalue weighted by Crippen LogP contribution is 2.36. The van der Waals surface area contributed by atoms with Gasteiger partial charge in [-0.15, -0.1) is 0 Å². The van der Waals surface area contributed by atoms with E-state index in [4.69, 9.17) is 5.73 Å². The van der Waals surface area contributed by atoms with Crippen LogP contribution in [0.2, 0.25) is 0 Å². The summed E-state index contributed by atoms with van der Waals surface area (Å²) in [7, 11) is -3.43. The van der Waals surface area contributed by atoms with E-state index in [9.17, 15) is 8.42 Å². The minimum atomic E-state index is -3.43. The molecular formula is C10H13BrN2O2S. The Morgan fingerprint density at radius 3 is 2.56 bits per heavy atom. The van der Waals surface area contributed by atoms with Crippen LogP contribution >= 0.6 is 15.9 Å². The summed E-state index contributed by atoms with van der Waals surface area (Å²) >= 11 is 3.22. The number of nitrogens with one attached hydrogen (secondary N) is 1. The Labute approximate surface area is 103 Å². The molecular weight excluding hydrogens is 292 g/mol. The minimum absolute atomic E-state index is 0.238. The maximum absolute atomic E-state index is 12.0. The average molecular weight is 305 g/mol. The Morgan fingerprint density at radius 2 is 2.06 bits per heavy atom. The molecule has 1 saturated carbocycles. The van der Waals surface area contributed by atoms with E-state index in [1.807, 2.05) is 6.92 Å². The third-order valence-corrected chi connectivity index (χ3v) is 4.99. The van der Waals surface area contributed by atoms with Gasteiger partial charge in [-0.1, -0.05) is 0 Å². The van der Waals surface area contributed by atoms with Crippen LogP contribution in [0, 0.1) is 0 Å². The first-order chi connectivity index (χ1) is 7.32. The van der Waals surface area contributed by atoms with E-state index in [1.165, 1.54) is 12.1 Å². The third kappa shape index (κ3) is 2.39. The number of sulfonamides is 1. The highest BCUT2D eigenvalue weighted by molar-refractivity contribution is 9.10. The molecule has 1 aliphatic rings. The molecule has 0 radical (unpaired) electrons. The van der Waals surface area contributed by atoms with Crippen molar-refractivity contribution in [3.8, 4) is 0 Å². The zero-order valence-corrected chi connectivity index (χ0v) is 11.2. The summed E-state index contributed by atoms with van der Waals surface area (Å²) in [5, 5.41) is 0. The molecule has 0 atom stereocenters. The standard InChI is InChI=1S/C10H13BrN2O2S/c1-10(4-5-10)13-16(14,15)7-2-3-9(12)8(11)6-7/h2-3,6,13H,4-5,12H2,1H3. The van der Waals surface area contributed by atoms with Crippen molar-refractivity contribution >= 4 is 31.6 Å². The van der Waals surface area contributed by atoms with Gasteiger partial charge in [0, 0.05) is 15.7 Å². The van der Waals surface area contributed by atoms with Gasteiger partial charge in [0.1, 0.15) is 0 Å². The lowest BCUT2D eigenvalue weighted by Crippen LogP contribution is -2.34. The molecule has 0 spiro atoms. The summed E-state index contributed by atoms with van der Waals surface area (Å²) < 4.78 is 27.2. The molecule has 1 aromatic rings. The van der Waals surface area contributed by atoms with Crippen molar-refractivity contribution in [2.24, 2.45) is 0 Å². The molecule has 0 bridgehead atoms. The maximum atomic E-state index is 12.0. The summed E-state index contributed by atoms with van der Waals surface area (Å²) in [6.45, 7) is 1.90. The smallest absolute Gasteiger partial charge is 0.241 e. The van der Waals surface area contributed by atoms with Gasteiger partial charge in [0.05, 0.1) is 4.90 Å². The van der Waals surface area contributed by atoms with E-state index in [1.54, 1.807) is 6.07 Å². The van der Waals surface area contributed by atoms with Crippen molar-refractivity contribution in [3.63, 3.8) is 0 Å². The molecule has 6 heteroatoms. The summed E-state index contributed by atoms with van der Waals surface area (Å²) in [6, 6.07) is 4.60. The Balaban J connectivity index is 2.32. The molecule has 2 rings (SSSR count). The second-order valence-corrected chi connectivity index (χ2v) is 6.89. The number of anilines is 1. The number of nitrogens with two attached hydrogens (primary N) is 1. The van der Waals surface area contributed by atoms with Gasteiger partial charge in [0.2, 0.25) is 10.0 Å². The second kappa shape index (κ2) is 3.72. The largest absolute Gasteiger partial charge is 0.398 e. The predicted octanol–water partition coefficient (Wildman–Crippen LogP) is 1.86. The van der Waals surface area contributed by atoms with Gasteiger partial charge >= 0.3 is 0 Å². The maximum Gasteiger partial charge on any atom is 0.241 e. The van der Waals surface area contributed by atoms with Crippen LogP contribution in [0.25, 0.3) is 0 Å². The molecule has 0 saturated heterocycles. The zero-order valence-electron chi connectivity index (χ0n) is 8.83. The van der Waals surface area contributed by atoms with E-state index in [0.717, 1.165) is 12.8 Å². The first kappa shape index (κ1) is 11.9. The van der Waals surface area contributed by atoms with E-state index in [2.05, 4.69) is 20.7 Å². The van der Waals surface area contributed by atoms with Crippen LogP contribution in [0.1, 0.15) is 19.8 Å². The molecule has 4 nitrogen and oxygen atoms in total. The quantitative estimate of drug-likeness (QED) is 0.837. The van der Waals surface area contributed by atoms with E-state index in [0.29, 0.717) is 10.2 Å². The zero-order chi connectivity index (χ0) is 12.0. The van der Waals surface area contributed by atoms with Gasteiger partial charge in [-0.2, -0.15) is 0 Å². The Hall–Kier alpha value is -0.590. The van der Waals surface area contributed by atoms with Crippen LogP contribution in [0.15, 0.2) is 27.6 Å². The third-order valence-electron chi connectivity index (χ3n) is 2.66. The van der Waals surface area contributed by atoms with Gasteiger partial charge in [-0.25, -0.2) is 13.1 Å². The Bertz CT molecular complexity index is 524. The molecule has 0 amide bonds. The van der Waals surface area contributed by atoms with Crippen LogP contribution in [0.5, 0.6) is 0 Å². The van der Waals surface area contributed by atoms with Crippen LogP contribution in [-0.4, -0.2) is 14.0 Å². The highest BCUT2D eigenvalue weighted by Gasteiger charge is 2.41. The van der Waals surface area contributed by atoms with Gasteiger partial charge in [0.25, 0.3) is 0 Å². The fraction of sp³-hybridized carbons (Fsp3) is 0.400. The molecule has 3 N–H and O–H groups in total. The molecule has 1 aliphatic carbocycles. The molecule has 0 unspecified atom stereocenters. The lowest BCUT2D eigenvalue weighted by atomic mass is 10.3. The Kier molecular flexibility index (Phi) is 2.76. The van der Waals surface area contributed by atoms with Crippen molar-refractivity contribution in [3.05, 3.63) is 22.7 Å². The molecule has 0 aromatic heterocycles. The summed E-state index contributed by atoms with van der Waals surface area (Å²) in [4.78, 5) is 0.238. The number of benzene rings is 1. The number of hydrogen-bond donors (Lipinski definition) is 2. The fourth-order valence-electron chi connectivity index (χ4n) is 1.35. The fourth-order valence-corrected chi connectivity index (χ4v) is 3.37. The van der Waals surface area contributed by atoms with Crippen LogP contribution in [0.4, 0.5) is 5.69 Å². The van der Waals surface area contributed by atoms with Crippen LogP contribution < -0.4 is 10.5 Å². The van der Waals surface area contributed by atoms with Crippen LogP contribution in [-0.2, 0) is 10.0 Å². The molecule has 1 fully saturated rings. The lowest BCUT2D eigenvalue weighted by Gasteiger charge is -2.12. The Morgan fingerprint density at radius 1 is 1.44 bits per heavy atom. The van der Waals surface area contributed by atoms with Crippen LogP contribution in [0.3, 0.4) is 0 Å². The SMILES string of the molecule is CC1(NS(=O)(=O)c2ccc(N)c(Br)c2)CC1. The molecule has 0 heterocycles. The predicted molar refractivity (Wildman–Crippen MR) is 66.5 cm³/mol. The van der Waals surface area contributed by atoms with E-state index in [-0.39, 0.29) is 10.4 Å². The van der Waals surface area contributed by atoms with Crippen molar-refractivity contribution in [2.45, 2.75) is 30.2 Å². The molecule has 1 aromatic carbocycles. The number of hydrogen-bond acceptors (Lipinski definition) is 3.